The number of hydrogen-bond donors (Lipinski definition) is 5. The zero-order valence-corrected chi connectivity index (χ0v) is 34.8. The van der Waals surface area contributed by atoms with Crippen molar-refractivity contribution in [1.29, 1.82) is 15.8 Å². The predicted molar refractivity (Wildman–Crippen MR) is 240 cm³/mol. The van der Waals surface area contributed by atoms with Crippen LogP contribution >= 0.6 is 0 Å². The van der Waals surface area contributed by atoms with Crippen LogP contribution < -0.4 is 25.9 Å². The van der Waals surface area contributed by atoms with Crippen molar-refractivity contribution in [3.05, 3.63) is 172 Å². The second-order valence-electron chi connectivity index (χ2n) is 15.1. The lowest BCUT2D eigenvalue weighted by molar-refractivity contribution is 0.120. The van der Waals surface area contributed by atoms with Gasteiger partial charge < -0.3 is 44.1 Å². The summed E-state index contributed by atoms with van der Waals surface area (Å²) in [6, 6.07) is 41.6. The minimum Gasteiger partial charge on any atom is -0.465 e. The topological polar surface area (TPSA) is 209 Å². The fourth-order valence-electron chi connectivity index (χ4n) is 7.42. The van der Waals surface area contributed by atoms with Crippen molar-refractivity contribution in [2.75, 3.05) is 0 Å². The van der Waals surface area contributed by atoms with Crippen molar-refractivity contribution >= 4 is 37.5 Å². The van der Waals surface area contributed by atoms with Crippen molar-refractivity contribution in [3.63, 3.8) is 0 Å². The molecule has 0 amide bonds. The van der Waals surface area contributed by atoms with Gasteiger partial charge in [-0.1, -0.05) is 55.8 Å². The van der Waals surface area contributed by atoms with Crippen LogP contribution in [0, 0.1) is 34.0 Å². The Balaban J connectivity index is 1.35. The SMILES string of the molecule is CCCC(C)(OB(O)c1ccc(Oc2ccc(C#N)cc2)cc1CO)B(OB(O)c1ccc(Cc2ccc(C#N)cc2)cc1CO)c1ccc(Oc2ccc(C#N)cc2)cc1CO. The number of ether oxygens (including phenoxy) is 2. The van der Waals surface area contributed by atoms with Gasteiger partial charge in [-0.15, -0.1) is 0 Å². The lowest BCUT2D eigenvalue weighted by atomic mass is 9.44. The molecule has 0 bridgehead atoms. The van der Waals surface area contributed by atoms with Crippen LogP contribution in [-0.2, 0) is 35.5 Å². The van der Waals surface area contributed by atoms with Crippen molar-refractivity contribution in [1.82, 2.24) is 0 Å². The van der Waals surface area contributed by atoms with E-state index in [9.17, 15) is 35.9 Å². The van der Waals surface area contributed by atoms with E-state index in [-0.39, 0.29) is 17.3 Å². The Hall–Kier alpha value is -6.70. The van der Waals surface area contributed by atoms with E-state index in [1.54, 1.807) is 116 Å². The maximum absolute atomic E-state index is 11.9. The molecule has 6 rings (SSSR count). The molecule has 12 nitrogen and oxygen atoms in total. The van der Waals surface area contributed by atoms with Gasteiger partial charge in [-0.3, -0.25) is 0 Å². The van der Waals surface area contributed by atoms with Gasteiger partial charge in [0.05, 0.1) is 60.2 Å². The minimum absolute atomic E-state index is 0.250. The van der Waals surface area contributed by atoms with Crippen LogP contribution in [0.4, 0.5) is 0 Å². The molecule has 0 aliphatic rings. The molecule has 1 unspecified atom stereocenters. The lowest BCUT2D eigenvalue weighted by Gasteiger charge is -2.38. The summed E-state index contributed by atoms with van der Waals surface area (Å²) in [6.45, 7) is 1.13. The Bertz CT molecular complexity index is 2630. The molecule has 0 fully saturated rings. The molecule has 0 spiro atoms. The summed E-state index contributed by atoms with van der Waals surface area (Å²) in [4.78, 5) is 0. The Morgan fingerprint density at radius 3 is 1.43 bits per heavy atom. The highest BCUT2D eigenvalue weighted by Gasteiger charge is 2.47. The number of aliphatic hydroxyl groups is 3. The molecule has 0 heterocycles. The van der Waals surface area contributed by atoms with Crippen molar-refractivity contribution in [3.8, 4) is 41.2 Å². The van der Waals surface area contributed by atoms with Crippen LogP contribution in [0.3, 0.4) is 0 Å². The monoisotopic (exact) mass is 839 g/mol. The van der Waals surface area contributed by atoms with Gasteiger partial charge in [0, 0.05) is 0 Å². The van der Waals surface area contributed by atoms with E-state index in [0.717, 1.165) is 11.1 Å². The summed E-state index contributed by atoms with van der Waals surface area (Å²) in [7, 11) is -3.26. The molecule has 63 heavy (non-hydrogen) atoms. The van der Waals surface area contributed by atoms with Gasteiger partial charge >= 0.3 is 21.2 Å². The zero-order valence-electron chi connectivity index (χ0n) is 34.8. The van der Waals surface area contributed by atoms with E-state index in [4.69, 9.17) is 24.0 Å². The molecular weight excluding hydrogens is 795 g/mol. The van der Waals surface area contributed by atoms with Gasteiger partial charge in [-0.2, -0.15) is 15.8 Å². The van der Waals surface area contributed by atoms with E-state index in [1.165, 1.54) is 0 Å². The van der Waals surface area contributed by atoms with Gasteiger partial charge in [-0.25, -0.2) is 0 Å². The second-order valence-corrected chi connectivity index (χ2v) is 15.1. The number of aliphatic hydroxyl groups excluding tert-OH is 3. The second kappa shape index (κ2) is 21.4. The van der Waals surface area contributed by atoms with Crippen LogP contribution in [-0.4, -0.2) is 52.0 Å². The summed E-state index contributed by atoms with van der Waals surface area (Å²) in [5.74, 6) is 1.68. The van der Waals surface area contributed by atoms with E-state index < -0.39 is 46.5 Å². The van der Waals surface area contributed by atoms with E-state index in [2.05, 4.69) is 18.2 Å². The smallest absolute Gasteiger partial charge is 0.465 e. The number of nitriles is 3. The first-order chi connectivity index (χ1) is 30.5. The summed E-state index contributed by atoms with van der Waals surface area (Å²) >= 11 is 0. The van der Waals surface area contributed by atoms with Crippen LogP contribution in [0.25, 0.3) is 0 Å². The summed E-state index contributed by atoms with van der Waals surface area (Å²) in [5.41, 5.74) is 3.93. The van der Waals surface area contributed by atoms with Crippen molar-refractivity contribution in [2.24, 2.45) is 0 Å². The number of rotatable bonds is 19. The van der Waals surface area contributed by atoms with Gasteiger partial charge in [0.2, 0.25) is 0 Å². The maximum Gasteiger partial charge on any atom is 0.491 e. The first-order valence-electron chi connectivity index (χ1n) is 20.3. The van der Waals surface area contributed by atoms with Crippen molar-refractivity contribution < 1.29 is 44.1 Å². The Labute approximate surface area is 367 Å². The number of benzene rings is 6. The zero-order chi connectivity index (χ0) is 44.9. The first-order valence-corrected chi connectivity index (χ1v) is 20.3. The fourth-order valence-corrected chi connectivity index (χ4v) is 7.42. The van der Waals surface area contributed by atoms with Crippen LogP contribution in [0.5, 0.6) is 23.0 Å². The number of nitrogens with zero attached hydrogens (tertiary/aromatic N) is 3. The maximum atomic E-state index is 11.9. The Kier molecular flexibility index (Phi) is 15.6. The molecule has 0 saturated carbocycles. The normalized spacial score (nSPS) is 11.7. The third-order valence-electron chi connectivity index (χ3n) is 10.6. The highest BCUT2D eigenvalue weighted by molar-refractivity contribution is 6.80. The quantitative estimate of drug-likeness (QED) is 0.0679. The third kappa shape index (κ3) is 11.4. The summed E-state index contributed by atoms with van der Waals surface area (Å²) in [6.07, 6.45) is 1.32. The molecule has 0 radical (unpaired) electrons. The highest BCUT2D eigenvalue weighted by atomic mass is 16.6. The summed E-state index contributed by atoms with van der Waals surface area (Å²) < 4.78 is 25.2. The molecule has 5 N–H and O–H groups in total. The molecule has 314 valence electrons. The molecular formula is C48H44B3N3O9. The molecule has 6 aromatic carbocycles. The standard InChI is InChI=1S/C48H44B3N3O9/c1-3-22-48(2,62-50(58)46-21-18-44(26-40(46)32-57)61-42-15-10-36(29-54)11-16-42)49(45-20-17-43(25-39(45)31-56)60-41-13-8-35(28-53)9-14-41)63-51(59)47-19-12-37(24-38(47)30-55)23-33-4-6-34(27-52)7-5-33/h4-21,24-26,55-59H,3,22-23,30-32H2,1-2H3. The van der Waals surface area contributed by atoms with E-state index >= 15 is 0 Å². The molecule has 0 aliphatic carbocycles. The molecule has 1 atom stereocenters. The van der Waals surface area contributed by atoms with Crippen LogP contribution in [0.15, 0.2) is 127 Å². The molecule has 6 aromatic rings. The lowest BCUT2D eigenvalue weighted by Crippen LogP contribution is -2.62. The predicted octanol–water partition coefficient (Wildman–Crippen LogP) is 5.06. The van der Waals surface area contributed by atoms with Gasteiger partial charge in [-0.05, 0) is 149 Å². The molecule has 15 heteroatoms. The third-order valence-corrected chi connectivity index (χ3v) is 10.6. The Morgan fingerprint density at radius 1 is 0.524 bits per heavy atom. The minimum atomic E-state index is -1.63. The van der Waals surface area contributed by atoms with Crippen molar-refractivity contribution in [2.45, 2.75) is 58.4 Å². The first kappa shape index (κ1) is 45.8. The average Bonchev–Trinajstić information content (AvgIpc) is 3.31. The molecule has 0 saturated heterocycles. The largest absolute Gasteiger partial charge is 0.491 e. The summed E-state index contributed by atoms with van der Waals surface area (Å²) in [5, 5.41) is 83.2. The average molecular weight is 839 g/mol. The highest BCUT2D eigenvalue weighted by Crippen LogP contribution is 2.29. The molecule has 0 aliphatic heterocycles. The Morgan fingerprint density at radius 2 is 0.937 bits per heavy atom. The van der Waals surface area contributed by atoms with Crippen LogP contribution in [0.1, 0.15) is 71.2 Å². The van der Waals surface area contributed by atoms with E-state index in [0.29, 0.717) is 74.7 Å². The van der Waals surface area contributed by atoms with Gasteiger partial charge in [0.1, 0.15) is 23.0 Å². The number of hydrogen-bond acceptors (Lipinski definition) is 12. The molecule has 0 aromatic heterocycles. The fraction of sp³-hybridized carbons (Fsp3) is 0.188. The van der Waals surface area contributed by atoms with Gasteiger partial charge in [0.15, 0.2) is 0 Å². The van der Waals surface area contributed by atoms with E-state index in [1.807, 2.05) is 25.1 Å². The van der Waals surface area contributed by atoms with Crippen LogP contribution in [0.2, 0.25) is 0 Å². The van der Waals surface area contributed by atoms with Gasteiger partial charge in [0.25, 0.3) is 0 Å².